The van der Waals surface area contributed by atoms with E-state index in [9.17, 15) is 0 Å². The Hall–Kier alpha value is -0.160. The normalized spacial score (nSPS) is 53.8. The van der Waals surface area contributed by atoms with E-state index in [0.717, 1.165) is 0 Å². The van der Waals surface area contributed by atoms with Crippen LogP contribution in [0.1, 0.15) is 20.8 Å². The Balaban J connectivity index is 2.38. The Morgan fingerprint density at radius 2 is 1.93 bits per heavy atom. The molecule has 0 radical (unpaired) electrons. The van der Waals surface area contributed by atoms with E-state index in [1.165, 1.54) is 0 Å². The van der Waals surface area contributed by atoms with E-state index in [-0.39, 0.29) is 18.3 Å². The molecule has 0 N–H and O–H groups in total. The van der Waals surface area contributed by atoms with Crippen LogP contribution in [0.5, 0.6) is 0 Å². The van der Waals surface area contributed by atoms with Crippen molar-refractivity contribution >= 4 is 0 Å². The number of hydrogen-bond acceptors (Lipinski definition) is 4. The van der Waals surface area contributed by atoms with E-state index in [2.05, 4.69) is 0 Å². The van der Waals surface area contributed by atoms with Crippen molar-refractivity contribution in [3.8, 4) is 0 Å². The lowest BCUT2D eigenvalue weighted by atomic mass is 9.82. The average molecular weight is 216 g/mol. The zero-order chi connectivity index (χ0) is 11.3. The van der Waals surface area contributed by atoms with Gasteiger partial charge < -0.3 is 18.9 Å². The van der Waals surface area contributed by atoms with Crippen LogP contribution in [0, 0.1) is 0 Å². The highest BCUT2D eigenvalue weighted by Gasteiger charge is 2.71. The second-order valence-corrected chi connectivity index (χ2v) is 4.66. The van der Waals surface area contributed by atoms with Gasteiger partial charge in [0.05, 0.1) is 18.8 Å². The maximum Gasteiger partial charge on any atom is 0.149 e. The first kappa shape index (κ1) is 11.3. The van der Waals surface area contributed by atoms with Crippen LogP contribution in [0.4, 0.5) is 0 Å². The highest BCUT2D eigenvalue weighted by molar-refractivity contribution is 5.19. The largest absolute Gasteiger partial charge is 0.381 e. The molecule has 0 aromatic carbocycles. The molecule has 2 aliphatic heterocycles. The molecule has 88 valence electrons. The van der Waals surface area contributed by atoms with Crippen molar-refractivity contribution in [1.29, 1.82) is 0 Å². The Bertz CT molecular complexity index is 257. The highest BCUT2D eigenvalue weighted by atomic mass is 16.7. The molecular weight excluding hydrogens is 196 g/mol. The number of fused-ring (bicyclic) bond motifs is 2. The summed E-state index contributed by atoms with van der Waals surface area (Å²) in [5.41, 5.74) is -0.886. The minimum atomic E-state index is -0.472. The number of rotatable bonds is 3. The lowest BCUT2D eigenvalue weighted by molar-refractivity contribution is -0.201. The summed E-state index contributed by atoms with van der Waals surface area (Å²) in [6.07, 6.45) is 0.0533. The predicted octanol–water partition coefficient (Wildman–Crippen LogP) is 0.983. The molecule has 4 nitrogen and oxygen atoms in total. The topological polar surface area (TPSA) is 36.9 Å². The van der Waals surface area contributed by atoms with Crippen LogP contribution >= 0.6 is 0 Å². The average Bonchev–Trinajstić information content (AvgIpc) is 2.52. The molecule has 0 aromatic heterocycles. The minimum Gasteiger partial charge on any atom is -0.381 e. The van der Waals surface area contributed by atoms with Crippen molar-refractivity contribution in [1.82, 2.24) is 0 Å². The molecule has 0 spiro atoms. The van der Waals surface area contributed by atoms with Gasteiger partial charge in [0.2, 0.25) is 0 Å². The lowest BCUT2D eigenvalue weighted by Crippen LogP contribution is -2.57. The molecule has 0 saturated carbocycles. The first-order valence-corrected chi connectivity index (χ1v) is 5.39. The standard InChI is InChI=1S/C11H20O4/c1-7-9-10(3,13-5)11(15-7,6-12-4)8(2)14-9/h7-9H,6H2,1-5H3/t7-,8+,9+,10+,11+/m0/s1. The van der Waals surface area contributed by atoms with Gasteiger partial charge in [0, 0.05) is 14.2 Å². The van der Waals surface area contributed by atoms with Crippen molar-refractivity contribution in [3.63, 3.8) is 0 Å². The van der Waals surface area contributed by atoms with E-state index in [4.69, 9.17) is 18.9 Å². The monoisotopic (exact) mass is 216 g/mol. The summed E-state index contributed by atoms with van der Waals surface area (Å²) in [7, 11) is 3.39. The van der Waals surface area contributed by atoms with Crippen LogP contribution in [0.2, 0.25) is 0 Å². The predicted molar refractivity (Wildman–Crippen MR) is 54.9 cm³/mol. The van der Waals surface area contributed by atoms with Crippen LogP contribution in [0.3, 0.4) is 0 Å². The van der Waals surface area contributed by atoms with Gasteiger partial charge in [-0.3, -0.25) is 0 Å². The second-order valence-electron chi connectivity index (χ2n) is 4.66. The van der Waals surface area contributed by atoms with Crippen molar-refractivity contribution in [2.24, 2.45) is 0 Å². The van der Waals surface area contributed by atoms with E-state index in [1.807, 2.05) is 20.8 Å². The molecule has 2 saturated heterocycles. The lowest BCUT2D eigenvalue weighted by Gasteiger charge is -2.38. The Kier molecular flexibility index (Phi) is 2.58. The Labute approximate surface area is 90.8 Å². The Morgan fingerprint density at radius 3 is 2.47 bits per heavy atom. The third kappa shape index (κ3) is 1.16. The summed E-state index contributed by atoms with van der Waals surface area (Å²) in [4.78, 5) is 0. The summed E-state index contributed by atoms with van der Waals surface area (Å²) in [6, 6.07) is 0. The van der Waals surface area contributed by atoms with Crippen LogP contribution in [0.15, 0.2) is 0 Å². The van der Waals surface area contributed by atoms with Gasteiger partial charge in [-0.25, -0.2) is 0 Å². The van der Waals surface area contributed by atoms with Gasteiger partial charge in [0.25, 0.3) is 0 Å². The molecule has 2 fully saturated rings. The van der Waals surface area contributed by atoms with Crippen LogP contribution in [-0.2, 0) is 18.9 Å². The van der Waals surface area contributed by atoms with Crippen LogP contribution in [0.25, 0.3) is 0 Å². The van der Waals surface area contributed by atoms with E-state index in [1.54, 1.807) is 14.2 Å². The fourth-order valence-electron chi connectivity index (χ4n) is 3.07. The molecule has 4 heteroatoms. The van der Waals surface area contributed by atoms with Crippen molar-refractivity contribution in [2.75, 3.05) is 20.8 Å². The SMILES string of the molecule is COC[C@@]12O[C@@H](C)[C@@H](O[C@@H]1C)[C@@]2(C)OC. The molecular formula is C11H20O4. The van der Waals surface area contributed by atoms with Gasteiger partial charge in [-0.1, -0.05) is 0 Å². The number of hydrogen-bond donors (Lipinski definition) is 0. The quantitative estimate of drug-likeness (QED) is 0.705. The van der Waals surface area contributed by atoms with Crippen LogP contribution in [-0.4, -0.2) is 50.3 Å². The smallest absolute Gasteiger partial charge is 0.149 e. The molecule has 0 aliphatic carbocycles. The minimum absolute atomic E-state index is 0.00333. The first-order chi connectivity index (χ1) is 7.02. The van der Waals surface area contributed by atoms with Crippen molar-refractivity contribution < 1.29 is 18.9 Å². The van der Waals surface area contributed by atoms with E-state index in [0.29, 0.717) is 6.61 Å². The molecule has 15 heavy (non-hydrogen) atoms. The van der Waals surface area contributed by atoms with Gasteiger partial charge in [0.15, 0.2) is 0 Å². The summed E-state index contributed by atoms with van der Waals surface area (Å²) < 4.78 is 22.9. The van der Waals surface area contributed by atoms with Gasteiger partial charge in [0.1, 0.15) is 17.3 Å². The van der Waals surface area contributed by atoms with Crippen molar-refractivity contribution in [2.45, 2.75) is 50.3 Å². The first-order valence-electron chi connectivity index (χ1n) is 5.39. The summed E-state index contributed by atoms with van der Waals surface area (Å²) in [5.74, 6) is 0. The van der Waals surface area contributed by atoms with Gasteiger partial charge in [-0.05, 0) is 20.8 Å². The second kappa shape index (κ2) is 3.42. The van der Waals surface area contributed by atoms with E-state index >= 15 is 0 Å². The van der Waals surface area contributed by atoms with E-state index < -0.39 is 11.2 Å². The number of ether oxygens (including phenoxy) is 4. The fraction of sp³-hybridized carbons (Fsp3) is 1.00. The van der Waals surface area contributed by atoms with Crippen molar-refractivity contribution in [3.05, 3.63) is 0 Å². The molecule has 2 heterocycles. The van der Waals surface area contributed by atoms with Gasteiger partial charge >= 0.3 is 0 Å². The molecule has 2 rings (SSSR count). The molecule has 0 unspecified atom stereocenters. The molecule has 0 amide bonds. The summed E-state index contributed by atoms with van der Waals surface area (Å²) >= 11 is 0. The molecule has 5 atom stereocenters. The molecule has 0 aromatic rings. The third-order valence-electron chi connectivity index (χ3n) is 4.00. The summed E-state index contributed by atoms with van der Waals surface area (Å²) in [6.45, 7) is 6.58. The fourth-order valence-corrected chi connectivity index (χ4v) is 3.07. The Morgan fingerprint density at radius 1 is 1.27 bits per heavy atom. The van der Waals surface area contributed by atoms with Gasteiger partial charge in [-0.2, -0.15) is 0 Å². The summed E-state index contributed by atoms with van der Waals surface area (Å²) in [5, 5.41) is 0. The molecule has 2 bridgehead atoms. The zero-order valence-corrected chi connectivity index (χ0v) is 10.1. The maximum atomic E-state index is 6.03. The third-order valence-corrected chi connectivity index (χ3v) is 4.00. The highest BCUT2D eigenvalue weighted by Crippen LogP contribution is 2.52. The van der Waals surface area contributed by atoms with Gasteiger partial charge in [-0.15, -0.1) is 0 Å². The maximum absolute atomic E-state index is 6.03. The van der Waals surface area contributed by atoms with Crippen LogP contribution < -0.4 is 0 Å². The molecule has 2 aliphatic rings. The number of methoxy groups -OCH3 is 2. The zero-order valence-electron chi connectivity index (χ0n) is 10.1.